The molecule has 5 nitrogen and oxygen atoms in total. The Labute approximate surface area is 158 Å². The molecule has 2 aromatic heterocycles. The summed E-state index contributed by atoms with van der Waals surface area (Å²) in [5.74, 6) is -0.551. The van der Waals surface area contributed by atoms with Gasteiger partial charge in [-0.1, -0.05) is 6.42 Å². The average molecular weight is 426 g/mol. The molecule has 1 amide bonds. The minimum atomic E-state index is -0.374. The molecular weight excluding hydrogens is 406 g/mol. The number of thiophene rings is 1. The first kappa shape index (κ1) is 18.2. The number of rotatable bonds is 4. The highest BCUT2D eigenvalue weighted by molar-refractivity contribution is 9.10. The number of furan rings is 1. The van der Waals surface area contributed by atoms with Gasteiger partial charge in [-0.2, -0.15) is 0 Å². The van der Waals surface area contributed by atoms with E-state index in [1.807, 2.05) is 13.8 Å². The Balaban J connectivity index is 1.94. The van der Waals surface area contributed by atoms with E-state index in [4.69, 9.17) is 9.15 Å². The lowest BCUT2D eigenvalue weighted by molar-refractivity contribution is 0.0378. The van der Waals surface area contributed by atoms with Gasteiger partial charge in [0, 0.05) is 4.88 Å². The summed E-state index contributed by atoms with van der Waals surface area (Å²) in [4.78, 5) is 26.3. The molecule has 0 saturated carbocycles. The van der Waals surface area contributed by atoms with Gasteiger partial charge in [0.2, 0.25) is 0 Å². The van der Waals surface area contributed by atoms with E-state index >= 15 is 0 Å². The lowest BCUT2D eigenvalue weighted by Gasteiger charge is -2.11. The maximum atomic E-state index is 12.6. The van der Waals surface area contributed by atoms with Crippen LogP contribution in [0.2, 0.25) is 0 Å². The van der Waals surface area contributed by atoms with Crippen LogP contribution in [0.25, 0.3) is 0 Å². The molecule has 0 fully saturated rings. The Bertz CT molecular complexity index is 793. The molecular formula is C18H20BrNO4S. The molecule has 0 atom stereocenters. The van der Waals surface area contributed by atoms with Crippen molar-refractivity contribution in [3.8, 4) is 0 Å². The number of amides is 1. The van der Waals surface area contributed by atoms with E-state index in [1.54, 1.807) is 12.1 Å². The lowest BCUT2D eigenvalue weighted by atomic mass is 10.1. The van der Waals surface area contributed by atoms with Crippen molar-refractivity contribution in [2.24, 2.45) is 0 Å². The van der Waals surface area contributed by atoms with Crippen LogP contribution in [0.5, 0.6) is 0 Å². The average Bonchev–Trinajstić information content (AvgIpc) is 3.04. The van der Waals surface area contributed by atoms with E-state index < -0.39 is 0 Å². The lowest BCUT2D eigenvalue weighted by Crippen LogP contribution is -2.17. The summed E-state index contributed by atoms with van der Waals surface area (Å²) in [7, 11) is 0. The molecule has 0 bridgehead atoms. The minimum absolute atomic E-state index is 0.193. The smallest absolute Gasteiger partial charge is 0.341 e. The predicted octanol–water partition coefficient (Wildman–Crippen LogP) is 5.19. The number of halogens is 1. The van der Waals surface area contributed by atoms with Crippen LogP contribution in [0.15, 0.2) is 21.2 Å². The number of aryl methyl sites for hydroxylation is 1. The quantitative estimate of drug-likeness (QED) is 0.540. The number of anilines is 1. The number of hydrogen-bond acceptors (Lipinski definition) is 5. The maximum Gasteiger partial charge on any atom is 0.341 e. The topological polar surface area (TPSA) is 68.5 Å². The number of ether oxygens (including phenoxy) is 1. The summed E-state index contributed by atoms with van der Waals surface area (Å²) in [6.45, 7) is 3.64. The van der Waals surface area contributed by atoms with E-state index in [1.165, 1.54) is 16.2 Å². The molecule has 0 radical (unpaired) electrons. The molecule has 1 aliphatic rings. The van der Waals surface area contributed by atoms with Gasteiger partial charge in [0.05, 0.1) is 11.7 Å². The van der Waals surface area contributed by atoms with Crippen molar-refractivity contribution in [2.45, 2.75) is 52.1 Å². The SMILES string of the molecule is CC(C)OC(=O)c1c(NC(=O)c2ccc(Br)o2)sc2c1CCCCC2. The fourth-order valence-electron chi connectivity index (χ4n) is 2.92. The van der Waals surface area contributed by atoms with Gasteiger partial charge in [0.15, 0.2) is 10.4 Å². The molecule has 0 unspecified atom stereocenters. The van der Waals surface area contributed by atoms with Crippen LogP contribution in [0.4, 0.5) is 5.00 Å². The van der Waals surface area contributed by atoms with Gasteiger partial charge >= 0.3 is 5.97 Å². The van der Waals surface area contributed by atoms with Crippen molar-refractivity contribution in [3.63, 3.8) is 0 Å². The molecule has 7 heteroatoms. The van der Waals surface area contributed by atoms with Crippen LogP contribution in [0.1, 0.15) is 64.5 Å². The Morgan fingerprint density at radius 1 is 1.24 bits per heavy atom. The summed E-state index contributed by atoms with van der Waals surface area (Å²) in [5, 5.41) is 3.39. The molecule has 1 N–H and O–H groups in total. The van der Waals surface area contributed by atoms with Crippen LogP contribution in [0, 0.1) is 0 Å². The van der Waals surface area contributed by atoms with Crippen molar-refractivity contribution >= 4 is 44.1 Å². The maximum absolute atomic E-state index is 12.6. The number of nitrogens with one attached hydrogen (secondary N) is 1. The molecule has 0 aromatic carbocycles. The Hall–Kier alpha value is -1.60. The Morgan fingerprint density at radius 2 is 2.00 bits per heavy atom. The summed E-state index contributed by atoms with van der Waals surface area (Å²) >= 11 is 4.66. The highest BCUT2D eigenvalue weighted by atomic mass is 79.9. The highest BCUT2D eigenvalue weighted by Gasteiger charge is 2.27. The second-order valence-corrected chi connectivity index (χ2v) is 8.17. The molecule has 3 rings (SSSR count). The fraction of sp³-hybridized carbons (Fsp3) is 0.444. The zero-order valence-corrected chi connectivity index (χ0v) is 16.6. The first-order chi connectivity index (χ1) is 12.0. The van der Waals surface area contributed by atoms with Crippen LogP contribution in [-0.2, 0) is 17.6 Å². The van der Waals surface area contributed by atoms with Gasteiger partial charge in [0.25, 0.3) is 5.91 Å². The van der Waals surface area contributed by atoms with Crippen LogP contribution < -0.4 is 5.32 Å². The number of carbonyl (C=O) groups is 2. The molecule has 0 spiro atoms. The van der Waals surface area contributed by atoms with E-state index in [-0.39, 0.29) is 23.7 Å². The molecule has 25 heavy (non-hydrogen) atoms. The van der Waals surface area contributed by atoms with Gasteiger partial charge in [-0.3, -0.25) is 4.79 Å². The van der Waals surface area contributed by atoms with Crippen molar-refractivity contribution in [3.05, 3.63) is 38.6 Å². The summed E-state index contributed by atoms with van der Waals surface area (Å²) in [5.41, 5.74) is 1.54. The van der Waals surface area contributed by atoms with Crippen LogP contribution >= 0.6 is 27.3 Å². The number of esters is 1. The van der Waals surface area contributed by atoms with E-state index in [2.05, 4.69) is 21.2 Å². The van der Waals surface area contributed by atoms with E-state index in [0.717, 1.165) is 37.7 Å². The van der Waals surface area contributed by atoms with Crippen LogP contribution in [-0.4, -0.2) is 18.0 Å². The third-order valence-electron chi connectivity index (χ3n) is 3.99. The van der Waals surface area contributed by atoms with Crippen molar-refractivity contribution in [1.29, 1.82) is 0 Å². The van der Waals surface area contributed by atoms with E-state index in [9.17, 15) is 9.59 Å². The van der Waals surface area contributed by atoms with Gasteiger partial charge in [-0.15, -0.1) is 11.3 Å². The first-order valence-electron chi connectivity index (χ1n) is 8.38. The van der Waals surface area contributed by atoms with Gasteiger partial charge < -0.3 is 14.5 Å². The summed E-state index contributed by atoms with van der Waals surface area (Å²) in [6, 6.07) is 3.25. The van der Waals surface area contributed by atoms with Crippen LogP contribution in [0.3, 0.4) is 0 Å². The molecule has 2 aromatic rings. The number of hydrogen-bond donors (Lipinski definition) is 1. The zero-order chi connectivity index (χ0) is 18.0. The fourth-order valence-corrected chi connectivity index (χ4v) is 4.50. The second kappa shape index (κ2) is 7.74. The standard InChI is InChI=1S/C18H20BrNO4S/c1-10(2)23-18(22)15-11-6-4-3-5-7-13(11)25-17(15)20-16(21)12-8-9-14(19)24-12/h8-10H,3-7H2,1-2H3,(H,20,21). The second-order valence-electron chi connectivity index (χ2n) is 6.28. The number of fused-ring (bicyclic) bond motifs is 1. The normalized spacial score (nSPS) is 14.1. The van der Waals surface area contributed by atoms with Gasteiger partial charge in [-0.25, -0.2) is 4.79 Å². The predicted molar refractivity (Wildman–Crippen MR) is 100 cm³/mol. The van der Waals surface area contributed by atoms with Gasteiger partial charge in [0.1, 0.15) is 5.00 Å². The zero-order valence-electron chi connectivity index (χ0n) is 14.2. The number of carbonyl (C=O) groups excluding carboxylic acids is 2. The summed E-state index contributed by atoms with van der Waals surface area (Å²) < 4.78 is 11.2. The molecule has 0 aliphatic heterocycles. The minimum Gasteiger partial charge on any atom is -0.459 e. The Morgan fingerprint density at radius 3 is 2.68 bits per heavy atom. The monoisotopic (exact) mass is 425 g/mol. The van der Waals surface area contributed by atoms with Crippen molar-refractivity contribution < 1.29 is 18.7 Å². The molecule has 134 valence electrons. The van der Waals surface area contributed by atoms with Crippen molar-refractivity contribution in [2.75, 3.05) is 5.32 Å². The third-order valence-corrected chi connectivity index (χ3v) is 5.63. The summed E-state index contributed by atoms with van der Waals surface area (Å²) in [6.07, 6.45) is 4.87. The highest BCUT2D eigenvalue weighted by Crippen LogP contribution is 2.38. The van der Waals surface area contributed by atoms with Crippen molar-refractivity contribution in [1.82, 2.24) is 0 Å². The molecule has 2 heterocycles. The largest absolute Gasteiger partial charge is 0.459 e. The Kier molecular flexibility index (Phi) is 5.64. The molecule has 0 saturated heterocycles. The van der Waals surface area contributed by atoms with Gasteiger partial charge in [-0.05, 0) is 73.2 Å². The first-order valence-corrected chi connectivity index (χ1v) is 9.99. The third kappa shape index (κ3) is 4.15. The van der Waals surface area contributed by atoms with E-state index in [0.29, 0.717) is 15.2 Å². The molecule has 1 aliphatic carbocycles.